The molecule has 3 N–H and O–H groups in total. The summed E-state index contributed by atoms with van der Waals surface area (Å²) in [7, 11) is 1.62. The molecule has 0 bridgehead atoms. The molecule has 6 nitrogen and oxygen atoms in total. The van der Waals surface area contributed by atoms with E-state index in [1.807, 2.05) is 6.92 Å². The van der Waals surface area contributed by atoms with Crippen LogP contribution in [-0.2, 0) is 9.53 Å². The number of aliphatic carboxylic acids is 1. The number of methoxy groups -OCH3 is 1. The summed E-state index contributed by atoms with van der Waals surface area (Å²) in [5.41, 5.74) is 0. The van der Waals surface area contributed by atoms with Crippen LogP contribution in [-0.4, -0.2) is 43.4 Å². The lowest BCUT2D eigenvalue weighted by Gasteiger charge is -2.13. The van der Waals surface area contributed by atoms with Gasteiger partial charge in [0.2, 0.25) is 0 Å². The molecular formula is C11H22N2O4. The Kier molecular flexibility index (Phi) is 9.14. The van der Waals surface area contributed by atoms with Gasteiger partial charge in [-0.2, -0.15) is 0 Å². The highest BCUT2D eigenvalue weighted by atomic mass is 16.5. The minimum Gasteiger partial charge on any atom is -0.481 e. The van der Waals surface area contributed by atoms with Crippen molar-refractivity contribution >= 4 is 12.0 Å². The van der Waals surface area contributed by atoms with Gasteiger partial charge in [-0.25, -0.2) is 4.79 Å². The summed E-state index contributed by atoms with van der Waals surface area (Å²) >= 11 is 0. The number of nitrogens with one attached hydrogen (secondary N) is 2. The van der Waals surface area contributed by atoms with Gasteiger partial charge in [0.25, 0.3) is 0 Å². The molecule has 0 spiro atoms. The molecule has 0 saturated heterocycles. The van der Waals surface area contributed by atoms with Gasteiger partial charge < -0.3 is 20.5 Å². The molecule has 0 aliphatic carbocycles. The number of unbranched alkanes of at least 4 members (excludes halogenated alkanes) is 1. The molecule has 6 heteroatoms. The van der Waals surface area contributed by atoms with E-state index in [0.29, 0.717) is 26.0 Å². The average Bonchev–Trinajstić information content (AvgIpc) is 2.25. The summed E-state index contributed by atoms with van der Waals surface area (Å²) < 4.78 is 4.90. The Morgan fingerprint density at radius 2 is 2.06 bits per heavy atom. The third-order valence-corrected chi connectivity index (χ3v) is 2.24. The Labute approximate surface area is 102 Å². The van der Waals surface area contributed by atoms with E-state index in [2.05, 4.69) is 10.6 Å². The summed E-state index contributed by atoms with van der Waals surface area (Å²) in [6.45, 7) is 3.01. The minimum atomic E-state index is -0.803. The summed E-state index contributed by atoms with van der Waals surface area (Å²) in [4.78, 5) is 21.6. The SMILES string of the molecule is COCCC(C)NC(=O)NCCCCC(=O)O. The second-order valence-electron chi connectivity index (χ2n) is 3.93. The predicted molar refractivity (Wildman–Crippen MR) is 64.0 cm³/mol. The zero-order valence-electron chi connectivity index (χ0n) is 10.5. The first-order valence-electron chi connectivity index (χ1n) is 5.81. The van der Waals surface area contributed by atoms with Gasteiger partial charge in [-0.15, -0.1) is 0 Å². The highest BCUT2D eigenvalue weighted by molar-refractivity contribution is 5.74. The van der Waals surface area contributed by atoms with Crippen molar-refractivity contribution in [2.24, 2.45) is 0 Å². The Balaban J connectivity index is 3.42. The fourth-order valence-corrected chi connectivity index (χ4v) is 1.24. The second kappa shape index (κ2) is 9.89. The van der Waals surface area contributed by atoms with E-state index in [1.54, 1.807) is 7.11 Å². The molecule has 17 heavy (non-hydrogen) atoms. The van der Waals surface area contributed by atoms with Crippen LogP contribution in [0.25, 0.3) is 0 Å². The topological polar surface area (TPSA) is 87.7 Å². The van der Waals surface area contributed by atoms with E-state index in [-0.39, 0.29) is 18.5 Å². The van der Waals surface area contributed by atoms with E-state index < -0.39 is 5.97 Å². The van der Waals surface area contributed by atoms with E-state index in [0.717, 1.165) is 6.42 Å². The number of urea groups is 1. The Morgan fingerprint density at radius 1 is 1.35 bits per heavy atom. The van der Waals surface area contributed by atoms with Gasteiger partial charge in [0.15, 0.2) is 0 Å². The van der Waals surface area contributed by atoms with Crippen LogP contribution in [0.3, 0.4) is 0 Å². The Morgan fingerprint density at radius 3 is 2.65 bits per heavy atom. The first kappa shape index (κ1) is 15.7. The van der Waals surface area contributed by atoms with Crippen molar-refractivity contribution in [1.29, 1.82) is 0 Å². The summed E-state index contributed by atoms with van der Waals surface area (Å²) in [5, 5.41) is 13.9. The molecule has 2 amide bonds. The number of rotatable bonds is 9. The van der Waals surface area contributed by atoms with Gasteiger partial charge in [0.1, 0.15) is 0 Å². The molecular weight excluding hydrogens is 224 g/mol. The quantitative estimate of drug-likeness (QED) is 0.529. The Bertz CT molecular complexity index is 234. The van der Waals surface area contributed by atoms with Gasteiger partial charge in [-0.1, -0.05) is 0 Å². The first-order valence-corrected chi connectivity index (χ1v) is 5.81. The summed E-state index contributed by atoms with van der Waals surface area (Å²) in [6, 6.07) is -0.155. The van der Waals surface area contributed by atoms with E-state index in [9.17, 15) is 9.59 Å². The van der Waals surface area contributed by atoms with Crippen LogP contribution in [0.1, 0.15) is 32.6 Å². The molecule has 0 fully saturated rings. The molecule has 1 unspecified atom stereocenters. The van der Waals surface area contributed by atoms with Crippen LogP contribution in [0.15, 0.2) is 0 Å². The van der Waals surface area contributed by atoms with Crippen molar-refractivity contribution in [2.75, 3.05) is 20.3 Å². The number of carbonyl (C=O) groups excluding carboxylic acids is 1. The van der Waals surface area contributed by atoms with Crippen LogP contribution in [0.5, 0.6) is 0 Å². The molecule has 1 atom stereocenters. The largest absolute Gasteiger partial charge is 0.481 e. The number of carboxylic acids is 1. The lowest BCUT2D eigenvalue weighted by molar-refractivity contribution is -0.137. The molecule has 0 saturated carbocycles. The van der Waals surface area contributed by atoms with Gasteiger partial charge in [-0.05, 0) is 26.2 Å². The fourth-order valence-electron chi connectivity index (χ4n) is 1.24. The van der Waals surface area contributed by atoms with Crippen molar-refractivity contribution in [1.82, 2.24) is 10.6 Å². The maximum absolute atomic E-state index is 11.3. The molecule has 0 heterocycles. The van der Waals surface area contributed by atoms with Crippen molar-refractivity contribution in [3.05, 3.63) is 0 Å². The van der Waals surface area contributed by atoms with E-state index in [4.69, 9.17) is 9.84 Å². The number of carboxylic acid groups (broad SMARTS) is 1. The minimum absolute atomic E-state index is 0.0639. The lowest BCUT2D eigenvalue weighted by atomic mass is 10.2. The second-order valence-corrected chi connectivity index (χ2v) is 3.93. The number of amides is 2. The summed E-state index contributed by atoms with van der Waals surface area (Å²) in [6.07, 6.45) is 2.16. The number of ether oxygens (including phenoxy) is 1. The number of hydrogen-bond donors (Lipinski definition) is 3. The van der Waals surface area contributed by atoms with Crippen molar-refractivity contribution < 1.29 is 19.4 Å². The van der Waals surface area contributed by atoms with Crippen LogP contribution < -0.4 is 10.6 Å². The zero-order chi connectivity index (χ0) is 13.1. The van der Waals surface area contributed by atoms with Crippen molar-refractivity contribution in [3.8, 4) is 0 Å². The molecule has 0 aliphatic heterocycles. The molecule has 0 radical (unpaired) electrons. The predicted octanol–water partition coefficient (Wildman–Crippen LogP) is 0.965. The van der Waals surface area contributed by atoms with Crippen molar-refractivity contribution in [2.45, 2.75) is 38.6 Å². The highest BCUT2D eigenvalue weighted by Crippen LogP contribution is 1.94. The van der Waals surface area contributed by atoms with E-state index >= 15 is 0 Å². The third-order valence-electron chi connectivity index (χ3n) is 2.24. The number of carbonyl (C=O) groups is 2. The molecule has 0 aliphatic rings. The molecule has 0 aromatic carbocycles. The van der Waals surface area contributed by atoms with E-state index in [1.165, 1.54) is 0 Å². The summed E-state index contributed by atoms with van der Waals surface area (Å²) in [5.74, 6) is -0.803. The smallest absolute Gasteiger partial charge is 0.314 e. The Hall–Kier alpha value is -1.30. The normalized spacial score (nSPS) is 11.9. The van der Waals surface area contributed by atoms with Gasteiger partial charge in [0.05, 0.1) is 0 Å². The molecule has 0 aromatic rings. The fraction of sp³-hybridized carbons (Fsp3) is 0.818. The lowest BCUT2D eigenvalue weighted by Crippen LogP contribution is -2.41. The zero-order valence-corrected chi connectivity index (χ0v) is 10.5. The molecule has 100 valence electrons. The highest BCUT2D eigenvalue weighted by Gasteiger charge is 2.05. The van der Waals surface area contributed by atoms with Crippen LogP contribution in [0, 0.1) is 0 Å². The first-order chi connectivity index (χ1) is 8.06. The van der Waals surface area contributed by atoms with Gasteiger partial charge >= 0.3 is 12.0 Å². The maximum atomic E-state index is 11.3. The van der Waals surface area contributed by atoms with Crippen LogP contribution in [0.2, 0.25) is 0 Å². The van der Waals surface area contributed by atoms with Gasteiger partial charge in [-0.3, -0.25) is 4.79 Å². The maximum Gasteiger partial charge on any atom is 0.314 e. The van der Waals surface area contributed by atoms with Crippen molar-refractivity contribution in [3.63, 3.8) is 0 Å². The molecule has 0 rings (SSSR count). The van der Waals surface area contributed by atoms with Crippen LogP contribution in [0.4, 0.5) is 4.79 Å². The monoisotopic (exact) mass is 246 g/mol. The third kappa shape index (κ3) is 11.0. The molecule has 0 aromatic heterocycles. The van der Waals surface area contributed by atoms with Gasteiger partial charge in [0, 0.05) is 32.7 Å². The standard InChI is InChI=1S/C11H22N2O4/c1-9(6-8-17-2)13-11(16)12-7-4-3-5-10(14)15/h9H,3-8H2,1-2H3,(H,14,15)(H2,12,13,16). The number of hydrogen-bond acceptors (Lipinski definition) is 3. The average molecular weight is 246 g/mol. The van der Waals surface area contributed by atoms with Crippen LogP contribution >= 0.6 is 0 Å².